The van der Waals surface area contributed by atoms with E-state index in [1.807, 2.05) is 4.90 Å². The van der Waals surface area contributed by atoms with Gasteiger partial charge in [0.15, 0.2) is 0 Å². The van der Waals surface area contributed by atoms with Crippen molar-refractivity contribution in [1.29, 1.82) is 0 Å². The lowest BCUT2D eigenvalue weighted by atomic mass is 9.67. The van der Waals surface area contributed by atoms with Crippen LogP contribution in [0.1, 0.15) is 65.8 Å². The number of H-pyrrole nitrogens is 1. The monoisotopic (exact) mass is 380 g/mol. The van der Waals surface area contributed by atoms with Crippen molar-refractivity contribution in [2.24, 2.45) is 17.6 Å². The van der Waals surface area contributed by atoms with Gasteiger partial charge in [-0.05, 0) is 56.4 Å². The van der Waals surface area contributed by atoms with Gasteiger partial charge < -0.3 is 20.9 Å². The SMILES string of the molecule is Cl.NC1CC2CCCC(C1)C2NC(=O)c1c[nH]c(C(=O)N2CCCC2)c1. The number of fused-ring (bicyclic) bond motifs is 2. The molecule has 1 aliphatic heterocycles. The molecule has 3 aliphatic rings. The van der Waals surface area contributed by atoms with Gasteiger partial charge in [-0.15, -0.1) is 12.4 Å². The van der Waals surface area contributed by atoms with Crippen molar-refractivity contribution in [3.8, 4) is 0 Å². The van der Waals surface area contributed by atoms with Gasteiger partial charge in [0.25, 0.3) is 11.8 Å². The van der Waals surface area contributed by atoms with Gasteiger partial charge in [0, 0.05) is 31.4 Å². The Balaban J connectivity index is 0.00000196. The first-order chi connectivity index (χ1) is 12.1. The van der Waals surface area contributed by atoms with E-state index in [4.69, 9.17) is 5.73 Å². The lowest BCUT2D eigenvalue weighted by Gasteiger charge is -2.45. The third kappa shape index (κ3) is 3.76. The van der Waals surface area contributed by atoms with Crippen LogP contribution in [0.25, 0.3) is 0 Å². The standard InChI is InChI=1S/C19H28N4O2.ClH/c20-15-8-12-4-3-5-13(9-15)17(12)22-18(24)14-10-16(21-11-14)19(25)23-6-1-2-7-23;/h10-13,15,17,21H,1-9,20H2,(H,22,24);1H. The number of carbonyl (C=O) groups is 2. The van der Waals surface area contributed by atoms with Crippen LogP contribution in [0.3, 0.4) is 0 Å². The summed E-state index contributed by atoms with van der Waals surface area (Å²) in [5.74, 6) is 0.915. The van der Waals surface area contributed by atoms with E-state index in [2.05, 4.69) is 10.3 Å². The molecule has 1 saturated heterocycles. The molecule has 7 heteroatoms. The molecule has 3 fully saturated rings. The van der Waals surface area contributed by atoms with Crippen LogP contribution in [0.2, 0.25) is 0 Å². The number of rotatable bonds is 3. The first kappa shape index (κ1) is 19.2. The highest BCUT2D eigenvalue weighted by Crippen LogP contribution is 2.39. The van der Waals surface area contributed by atoms with Crippen LogP contribution in [-0.4, -0.2) is 46.9 Å². The minimum absolute atomic E-state index is 0. The number of nitrogens with zero attached hydrogens (tertiary/aromatic N) is 1. The average Bonchev–Trinajstić information content (AvgIpc) is 3.27. The molecule has 0 spiro atoms. The number of nitrogens with two attached hydrogens (primary N) is 1. The minimum atomic E-state index is -0.0749. The van der Waals surface area contributed by atoms with E-state index in [0.717, 1.165) is 51.6 Å². The molecule has 2 unspecified atom stereocenters. The van der Waals surface area contributed by atoms with Crippen molar-refractivity contribution < 1.29 is 9.59 Å². The molecule has 1 aromatic rings. The van der Waals surface area contributed by atoms with Crippen molar-refractivity contribution in [2.75, 3.05) is 13.1 Å². The second-order valence-corrected chi connectivity index (χ2v) is 7.98. The smallest absolute Gasteiger partial charge is 0.270 e. The van der Waals surface area contributed by atoms with Crippen LogP contribution in [0.5, 0.6) is 0 Å². The third-order valence-electron chi connectivity index (χ3n) is 6.24. The van der Waals surface area contributed by atoms with E-state index in [9.17, 15) is 9.59 Å². The number of hydrogen-bond acceptors (Lipinski definition) is 3. The number of carbonyl (C=O) groups excluding carboxylic acids is 2. The van der Waals surface area contributed by atoms with Crippen molar-refractivity contribution in [1.82, 2.24) is 15.2 Å². The Morgan fingerprint density at radius 3 is 2.42 bits per heavy atom. The second kappa shape index (κ2) is 8.01. The van der Waals surface area contributed by atoms with Gasteiger partial charge in [0.1, 0.15) is 5.69 Å². The second-order valence-electron chi connectivity index (χ2n) is 7.98. The van der Waals surface area contributed by atoms with Gasteiger partial charge in [-0.1, -0.05) is 6.42 Å². The summed E-state index contributed by atoms with van der Waals surface area (Å²) in [5, 5.41) is 3.24. The Morgan fingerprint density at radius 2 is 1.77 bits per heavy atom. The molecule has 2 aliphatic carbocycles. The fourth-order valence-electron chi connectivity index (χ4n) is 5.00. The largest absolute Gasteiger partial charge is 0.356 e. The quantitative estimate of drug-likeness (QED) is 0.751. The fraction of sp³-hybridized carbons (Fsp3) is 0.684. The number of hydrogen-bond donors (Lipinski definition) is 3. The van der Waals surface area contributed by atoms with Gasteiger partial charge in [-0.3, -0.25) is 9.59 Å². The predicted octanol–water partition coefficient (Wildman–Crippen LogP) is 2.31. The molecule has 0 aromatic carbocycles. The van der Waals surface area contributed by atoms with E-state index >= 15 is 0 Å². The molecular weight excluding hydrogens is 352 g/mol. The lowest BCUT2D eigenvalue weighted by Crippen LogP contribution is -2.53. The van der Waals surface area contributed by atoms with E-state index in [1.165, 1.54) is 6.42 Å². The van der Waals surface area contributed by atoms with E-state index in [1.54, 1.807) is 12.3 Å². The van der Waals surface area contributed by atoms with Gasteiger partial charge in [0.05, 0.1) is 5.56 Å². The molecule has 4 rings (SSSR count). The number of nitrogens with one attached hydrogen (secondary N) is 2. The highest BCUT2D eigenvalue weighted by molar-refractivity contribution is 5.99. The zero-order valence-electron chi connectivity index (χ0n) is 15.1. The molecular formula is C19H29ClN4O2. The number of aromatic amines is 1. The van der Waals surface area contributed by atoms with Crippen LogP contribution in [0, 0.1) is 11.8 Å². The highest BCUT2D eigenvalue weighted by atomic mass is 35.5. The van der Waals surface area contributed by atoms with E-state index in [0.29, 0.717) is 23.1 Å². The van der Waals surface area contributed by atoms with Crippen LogP contribution in [-0.2, 0) is 0 Å². The molecule has 2 saturated carbocycles. The first-order valence-electron chi connectivity index (χ1n) is 9.66. The molecule has 1 aromatic heterocycles. The van der Waals surface area contributed by atoms with Crippen LogP contribution in [0.15, 0.2) is 12.3 Å². The topological polar surface area (TPSA) is 91.2 Å². The summed E-state index contributed by atoms with van der Waals surface area (Å²) in [5.41, 5.74) is 7.23. The maximum Gasteiger partial charge on any atom is 0.270 e. The Labute approximate surface area is 160 Å². The normalized spacial score (nSPS) is 30.6. The molecule has 2 atom stereocenters. The molecule has 2 heterocycles. The summed E-state index contributed by atoms with van der Waals surface area (Å²) < 4.78 is 0. The maximum atomic E-state index is 12.7. The van der Waals surface area contributed by atoms with Crippen molar-refractivity contribution in [3.63, 3.8) is 0 Å². The van der Waals surface area contributed by atoms with E-state index in [-0.39, 0.29) is 36.3 Å². The molecule has 0 radical (unpaired) electrons. The van der Waals surface area contributed by atoms with E-state index < -0.39 is 0 Å². The Hall–Kier alpha value is -1.53. The third-order valence-corrected chi connectivity index (χ3v) is 6.24. The molecule has 144 valence electrons. The maximum absolute atomic E-state index is 12.7. The Kier molecular flexibility index (Phi) is 5.92. The first-order valence-corrected chi connectivity index (χ1v) is 9.66. The van der Waals surface area contributed by atoms with Gasteiger partial charge in [0.2, 0.25) is 0 Å². The molecule has 2 bridgehead atoms. The summed E-state index contributed by atoms with van der Waals surface area (Å²) in [7, 11) is 0. The number of halogens is 1. The summed E-state index contributed by atoms with van der Waals surface area (Å²) in [4.78, 5) is 29.9. The van der Waals surface area contributed by atoms with Crippen molar-refractivity contribution in [3.05, 3.63) is 23.5 Å². The lowest BCUT2D eigenvalue weighted by molar-refractivity contribution is 0.0756. The fourth-order valence-corrected chi connectivity index (χ4v) is 5.00. The average molecular weight is 381 g/mol. The zero-order chi connectivity index (χ0) is 17.4. The molecule has 4 N–H and O–H groups in total. The Bertz CT molecular complexity index is 642. The molecule has 26 heavy (non-hydrogen) atoms. The van der Waals surface area contributed by atoms with Crippen molar-refractivity contribution in [2.45, 2.75) is 57.0 Å². The minimum Gasteiger partial charge on any atom is -0.356 e. The molecule has 6 nitrogen and oxygen atoms in total. The Morgan fingerprint density at radius 1 is 1.12 bits per heavy atom. The van der Waals surface area contributed by atoms with Gasteiger partial charge >= 0.3 is 0 Å². The van der Waals surface area contributed by atoms with Gasteiger partial charge in [-0.25, -0.2) is 0 Å². The van der Waals surface area contributed by atoms with Crippen molar-refractivity contribution >= 4 is 24.2 Å². The summed E-state index contributed by atoms with van der Waals surface area (Å²) in [6.45, 7) is 1.62. The van der Waals surface area contributed by atoms with Crippen LogP contribution >= 0.6 is 12.4 Å². The number of aromatic nitrogens is 1. The van der Waals surface area contributed by atoms with Crippen LogP contribution < -0.4 is 11.1 Å². The summed E-state index contributed by atoms with van der Waals surface area (Å²) in [6, 6.07) is 2.20. The van der Waals surface area contributed by atoms with Crippen LogP contribution in [0.4, 0.5) is 0 Å². The number of likely N-dealkylation sites (tertiary alicyclic amines) is 1. The highest BCUT2D eigenvalue weighted by Gasteiger charge is 2.40. The summed E-state index contributed by atoms with van der Waals surface area (Å²) in [6.07, 6.45) is 9.34. The number of amides is 2. The summed E-state index contributed by atoms with van der Waals surface area (Å²) >= 11 is 0. The van der Waals surface area contributed by atoms with Gasteiger partial charge in [-0.2, -0.15) is 0 Å². The predicted molar refractivity (Wildman–Crippen MR) is 102 cm³/mol. The molecule has 2 amide bonds. The zero-order valence-corrected chi connectivity index (χ0v) is 15.9.